The van der Waals surface area contributed by atoms with Gasteiger partial charge in [-0.05, 0) is 23.3 Å². The number of halogens is 1. The molecular formula is C11H7BrN2. The smallest absolute Gasteiger partial charge is 0.0935 e. The molecule has 1 aliphatic rings. The van der Waals surface area contributed by atoms with Crippen molar-refractivity contribution in [1.29, 1.82) is 0 Å². The van der Waals surface area contributed by atoms with Crippen molar-refractivity contribution in [3.05, 3.63) is 46.2 Å². The fourth-order valence-corrected chi connectivity index (χ4v) is 2.27. The fraction of sp³-hybridized carbons (Fsp3) is 0.0909. The van der Waals surface area contributed by atoms with Gasteiger partial charge >= 0.3 is 0 Å². The average Bonchev–Trinajstić information content (AvgIpc) is 2.59. The molecule has 0 aliphatic heterocycles. The van der Waals surface area contributed by atoms with Gasteiger partial charge in [0.25, 0.3) is 0 Å². The first kappa shape index (κ1) is 8.12. The SMILES string of the molecule is Brc1ccnc2c1Cc1cccnc1-2. The zero-order chi connectivity index (χ0) is 9.54. The molecule has 2 heterocycles. The molecule has 0 amide bonds. The largest absolute Gasteiger partial charge is 0.254 e. The molecule has 0 radical (unpaired) electrons. The first-order valence-electron chi connectivity index (χ1n) is 4.44. The van der Waals surface area contributed by atoms with Crippen LogP contribution in [0.25, 0.3) is 11.4 Å². The van der Waals surface area contributed by atoms with Crippen LogP contribution >= 0.6 is 15.9 Å². The highest BCUT2D eigenvalue weighted by Gasteiger charge is 2.21. The molecule has 3 rings (SSSR count). The van der Waals surface area contributed by atoms with Crippen LogP contribution in [0.15, 0.2) is 35.1 Å². The fourth-order valence-electron chi connectivity index (χ4n) is 1.83. The Labute approximate surface area is 90.2 Å². The van der Waals surface area contributed by atoms with Crippen LogP contribution in [-0.4, -0.2) is 9.97 Å². The lowest BCUT2D eigenvalue weighted by Crippen LogP contribution is -1.85. The molecule has 0 N–H and O–H groups in total. The first-order chi connectivity index (χ1) is 6.86. The van der Waals surface area contributed by atoms with E-state index in [9.17, 15) is 0 Å². The number of pyridine rings is 2. The summed E-state index contributed by atoms with van der Waals surface area (Å²) in [6.45, 7) is 0. The Balaban J connectivity index is 2.33. The van der Waals surface area contributed by atoms with Gasteiger partial charge in [0, 0.05) is 23.3 Å². The van der Waals surface area contributed by atoms with E-state index in [0.717, 1.165) is 22.3 Å². The van der Waals surface area contributed by atoms with E-state index in [4.69, 9.17) is 0 Å². The Kier molecular flexibility index (Phi) is 1.67. The number of hydrogen-bond acceptors (Lipinski definition) is 2. The van der Waals surface area contributed by atoms with Gasteiger partial charge < -0.3 is 0 Å². The van der Waals surface area contributed by atoms with Crippen LogP contribution < -0.4 is 0 Å². The molecule has 0 fully saturated rings. The maximum atomic E-state index is 4.37. The molecule has 0 saturated carbocycles. The third kappa shape index (κ3) is 1.02. The van der Waals surface area contributed by atoms with Gasteiger partial charge in [0.1, 0.15) is 0 Å². The molecule has 0 atom stereocenters. The van der Waals surface area contributed by atoms with Gasteiger partial charge in [-0.25, -0.2) is 0 Å². The Morgan fingerprint density at radius 2 is 1.93 bits per heavy atom. The number of fused-ring (bicyclic) bond motifs is 3. The van der Waals surface area contributed by atoms with Crippen molar-refractivity contribution in [2.24, 2.45) is 0 Å². The van der Waals surface area contributed by atoms with E-state index in [1.165, 1.54) is 11.1 Å². The van der Waals surface area contributed by atoms with Crippen LogP contribution in [0.1, 0.15) is 11.1 Å². The summed E-state index contributed by atoms with van der Waals surface area (Å²) >= 11 is 3.54. The molecule has 2 nitrogen and oxygen atoms in total. The van der Waals surface area contributed by atoms with E-state index in [1.54, 1.807) is 0 Å². The molecular weight excluding hydrogens is 240 g/mol. The Bertz CT molecular complexity index is 508. The zero-order valence-electron chi connectivity index (χ0n) is 7.37. The van der Waals surface area contributed by atoms with E-state index in [-0.39, 0.29) is 0 Å². The van der Waals surface area contributed by atoms with Crippen LogP contribution in [0.2, 0.25) is 0 Å². The maximum Gasteiger partial charge on any atom is 0.0935 e. The highest BCUT2D eigenvalue weighted by molar-refractivity contribution is 9.10. The molecule has 1 aliphatic carbocycles. The number of nitrogens with zero attached hydrogens (tertiary/aromatic N) is 2. The molecule has 14 heavy (non-hydrogen) atoms. The van der Waals surface area contributed by atoms with Crippen LogP contribution in [0, 0.1) is 0 Å². The minimum atomic E-state index is 0.937. The average molecular weight is 247 g/mol. The van der Waals surface area contributed by atoms with Gasteiger partial charge in [-0.3, -0.25) is 9.97 Å². The van der Waals surface area contributed by atoms with Gasteiger partial charge in [-0.15, -0.1) is 0 Å². The van der Waals surface area contributed by atoms with Crippen LogP contribution in [0.3, 0.4) is 0 Å². The van der Waals surface area contributed by atoms with Crippen molar-refractivity contribution in [1.82, 2.24) is 9.97 Å². The van der Waals surface area contributed by atoms with Crippen molar-refractivity contribution in [2.45, 2.75) is 6.42 Å². The number of aromatic nitrogens is 2. The summed E-state index contributed by atoms with van der Waals surface area (Å²) in [4.78, 5) is 8.73. The molecule has 0 unspecified atom stereocenters. The van der Waals surface area contributed by atoms with Gasteiger partial charge in [0.05, 0.1) is 11.4 Å². The molecule has 0 saturated heterocycles. The Morgan fingerprint density at radius 3 is 2.86 bits per heavy atom. The van der Waals surface area contributed by atoms with Crippen molar-refractivity contribution < 1.29 is 0 Å². The second-order valence-corrected chi connectivity index (χ2v) is 4.16. The van der Waals surface area contributed by atoms with E-state index in [2.05, 4.69) is 32.0 Å². The lowest BCUT2D eigenvalue weighted by Gasteiger charge is -1.99. The van der Waals surface area contributed by atoms with Crippen LogP contribution in [-0.2, 0) is 6.42 Å². The van der Waals surface area contributed by atoms with E-state index in [0.29, 0.717) is 0 Å². The Morgan fingerprint density at radius 1 is 1.07 bits per heavy atom. The predicted octanol–water partition coefficient (Wildman–Crippen LogP) is 2.81. The minimum absolute atomic E-state index is 0.937. The maximum absolute atomic E-state index is 4.37. The second kappa shape index (κ2) is 2.89. The summed E-state index contributed by atoms with van der Waals surface area (Å²) < 4.78 is 1.13. The highest BCUT2D eigenvalue weighted by Crippen LogP contribution is 2.36. The van der Waals surface area contributed by atoms with E-state index >= 15 is 0 Å². The van der Waals surface area contributed by atoms with E-state index < -0.39 is 0 Å². The minimum Gasteiger partial charge on any atom is -0.254 e. The van der Waals surface area contributed by atoms with Gasteiger partial charge in [-0.2, -0.15) is 0 Å². The first-order valence-corrected chi connectivity index (χ1v) is 5.23. The van der Waals surface area contributed by atoms with Gasteiger partial charge in [0.15, 0.2) is 0 Å². The van der Waals surface area contributed by atoms with Crippen molar-refractivity contribution >= 4 is 15.9 Å². The summed E-state index contributed by atoms with van der Waals surface area (Å²) in [5, 5.41) is 0. The third-order valence-corrected chi connectivity index (χ3v) is 3.22. The molecule has 2 aromatic heterocycles. The monoisotopic (exact) mass is 246 g/mol. The molecule has 0 spiro atoms. The molecule has 0 aromatic carbocycles. The lowest BCUT2D eigenvalue weighted by atomic mass is 10.2. The van der Waals surface area contributed by atoms with Crippen molar-refractivity contribution in [2.75, 3.05) is 0 Å². The van der Waals surface area contributed by atoms with E-state index in [1.807, 2.05) is 24.5 Å². The van der Waals surface area contributed by atoms with Crippen molar-refractivity contribution in [3.8, 4) is 11.4 Å². The summed E-state index contributed by atoms with van der Waals surface area (Å²) in [5.74, 6) is 0. The quantitative estimate of drug-likeness (QED) is 0.610. The topological polar surface area (TPSA) is 25.8 Å². The van der Waals surface area contributed by atoms with Crippen LogP contribution in [0.5, 0.6) is 0 Å². The number of rotatable bonds is 0. The normalized spacial score (nSPS) is 12.4. The zero-order valence-corrected chi connectivity index (χ0v) is 8.95. The molecule has 68 valence electrons. The van der Waals surface area contributed by atoms with Gasteiger partial charge in [-0.1, -0.05) is 22.0 Å². The summed E-state index contributed by atoms with van der Waals surface area (Å²) in [6, 6.07) is 6.06. The Hall–Kier alpha value is -1.22. The van der Waals surface area contributed by atoms with Gasteiger partial charge in [0.2, 0.25) is 0 Å². The standard InChI is InChI=1S/C11H7BrN2/c12-9-3-5-14-11-8(9)6-7-2-1-4-13-10(7)11/h1-5H,6H2. The second-order valence-electron chi connectivity index (χ2n) is 3.31. The van der Waals surface area contributed by atoms with Crippen molar-refractivity contribution in [3.63, 3.8) is 0 Å². The lowest BCUT2D eigenvalue weighted by molar-refractivity contribution is 1.21. The molecule has 3 heteroatoms. The highest BCUT2D eigenvalue weighted by atomic mass is 79.9. The predicted molar refractivity (Wildman–Crippen MR) is 58.0 cm³/mol. The summed E-state index contributed by atoms with van der Waals surface area (Å²) in [5.41, 5.74) is 4.57. The molecule has 2 aromatic rings. The van der Waals surface area contributed by atoms with Crippen LogP contribution in [0.4, 0.5) is 0 Å². The summed E-state index contributed by atoms with van der Waals surface area (Å²) in [7, 11) is 0. The number of hydrogen-bond donors (Lipinski definition) is 0. The summed E-state index contributed by atoms with van der Waals surface area (Å²) in [6.07, 6.45) is 4.57. The third-order valence-electron chi connectivity index (χ3n) is 2.48. The molecule has 0 bridgehead atoms.